The number of hydrogen-bond donors (Lipinski definition) is 0. The first kappa shape index (κ1) is 10.2. The summed E-state index contributed by atoms with van der Waals surface area (Å²) in [6, 6.07) is 6.21. The molecule has 72 valence electrons. The van der Waals surface area contributed by atoms with Gasteiger partial charge in [-0.25, -0.2) is 12.8 Å². The quantitative estimate of drug-likeness (QED) is 0.742. The predicted molar refractivity (Wildman–Crippen MR) is 49.8 cm³/mol. The number of rotatable bonds is 3. The predicted octanol–water partition coefficient (Wildman–Crippen LogP) is 1.41. The SMILES string of the molecule is CS(=O)(=O)CCc1ccccc1F. The van der Waals surface area contributed by atoms with E-state index in [2.05, 4.69) is 0 Å². The number of benzene rings is 1. The maximum Gasteiger partial charge on any atom is 0.147 e. The fourth-order valence-corrected chi connectivity index (χ4v) is 1.59. The van der Waals surface area contributed by atoms with E-state index in [-0.39, 0.29) is 18.0 Å². The van der Waals surface area contributed by atoms with Gasteiger partial charge in [-0.15, -0.1) is 0 Å². The summed E-state index contributed by atoms with van der Waals surface area (Å²) >= 11 is 0. The fourth-order valence-electron chi connectivity index (χ4n) is 0.996. The van der Waals surface area contributed by atoms with Gasteiger partial charge in [0.25, 0.3) is 0 Å². The van der Waals surface area contributed by atoms with Crippen LogP contribution in [0, 0.1) is 5.82 Å². The molecule has 13 heavy (non-hydrogen) atoms. The van der Waals surface area contributed by atoms with Crippen molar-refractivity contribution in [3.63, 3.8) is 0 Å². The molecule has 0 heterocycles. The number of hydrogen-bond acceptors (Lipinski definition) is 2. The Morgan fingerprint density at radius 2 is 1.92 bits per heavy atom. The van der Waals surface area contributed by atoms with Crippen molar-refractivity contribution >= 4 is 9.84 Å². The van der Waals surface area contributed by atoms with E-state index in [0.717, 1.165) is 6.26 Å². The smallest absolute Gasteiger partial charge is 0.147 e. The van der Waals surface area contributed by atoms with Crippen molar-refractivity contribution < 1.29 is 12.8 Å². The van der Waals surface area contributed by atoms with E-state index in [1.165, 1.54) is 6.07 Å². The number of aryl methyl sites for hydroxylation is 1. The zero-order valence-corrected chi connectivity index (χ0v) is 8.14. The van der Waals surface area contributed by atoms with Gasteiger partial charge in [0.05, 0.1) is 5.75 Å². The Balaban J connectivity index is 2.71. The number of sulfone groups is 1. The van der Waals surface area contributed by atoms with E-state index in [4.69, 9.17) is 0 Å². The maximum atomic E-state index is 13.0. The molecule has 2 nitrogen and oxygen atoms in total. The Hall–Kier alpha value is -0.900. The standard InChI is InChI=1S/C9H11FO2S/c1-13(11,12)7-6-8-4-2-3-5-9(8)10/h2-5H,6-7H2,1H3. The van der Waals surface area contributed by atoms with Crippen LogP contribution in [0.1, 0.15) is 5.56 Å². The average Bonchev–Trinajstić information content (AvgIpc) is 2.01. The van der Waals surface area contributed by atoms with E-state index >= 15 is 0 Å². The molecule has 0 aliphatic heterocycles. The molecule has 0 aliphatic rings. The Bertz CT molecular complexity index is 384. The maximum absolute atomic E-state index is 13.0. The Morgan fingerprint density at radius 1 is 1.31 bits per heavy atom. The first-order chi connectivity index (χ1) is 5.99. The van der Waals surface area contributed by atoms with Crippen molar-refractivity contribution in [2.24, 2.45) is 0 Å². The molecule has 1 rings (SSSR count). The largest absolute Gasteiger partial charge is 0.229 e. The molecular formula is C9H11FO2S. The van der Waals surface area contributed by atoms with Gasteiger partial charge in [-0.05, 0) is 18.1 Å². The molecule has 0 spiro atoms. The summed E-state index contributed by atoms with van der Waals surface area (Å²) in [6.07, 6.45) is 1.39. The Kier molecular flexibility index (Phi) is 3.03. The van der Waals surface area contributed by atoms with Crippen LogP contribution in [-0.4, -0.2) is 20.4 Å². The average molecular weight is 202 g/mol. The molecule has 1 aromatic carbocycles. The molecule has 0 saturated heterocycles. The zero-order valence-electron chi connectivity index (χ0n) is 7.33. The highest BCUT2D eigenvalue weighted by molar-refractivity contribution is 7.90. The van der Waals surface area contributed by atoms with Gasteiger partial charge in [0.1, 0.15) is 15.7 Å². The normalized spacial score (nSPS) is 11.5. The Labute approximate surface area is 77.3 Å². The van der Waals surface area contributed by atoms with E-state index in [1.54, 1.807) is 18.2 Å². The molecule has 0 atom stereocenters. The molecule has 1 aromatic rings. The van der Waals surface area contributed by atoms with Crippen molar-refractivity contribution in [1.82, 2.24) is 0 Å². The summed E-state index contributed by atoms with van der Waals surface area (Å²) < 4.78 is 34.6. The van der Waals surface area contributed by atoms with Gasteiger partial charge in [-0.3, -0.25) is 0 Å². The molecule has 0 unspecified atom stereocenters. The first-order valence-electron chi connectivity index (χ1n) is 3.90. The van der Waals surface area contributed by atoms with Gasteiger partial charge >= 0.3 is 0 Å². The van der Waals surface area contributed by atoms with E-state index in [1.807, 2.05) is 0 Å². The third-order valence-corrected chi connectivity index (χ3v) is 2.65. The van der Waals surface area contributed by atoms with Crippen LogP contribution in [0.3, 0.4) is 0 Å². The first-order valence-corrected chi connectivity index (χ1v) is 5.96. The van der Waals surface area contributed by atoms with Gasteiger partial charge in [0, 0.05) is 6.26 Å². The molecule has 0 aliphatic carbocycles. The Morgan fingerprint density at radius 3 is 2.46 bits per heavy atom. The summed E-state index contributed by atoms with van der Waals surface area (Å²) in [7, 11) is -3.01. The molecular weight excluding hydrogens is 191 g/mol. The monoisotopic (exact) mass is 202 g/mol. The van der Waals surface area contributed by atoms with Crippen LogP contribution in [0.25, 0.3) is 0 Å². The highest BCUT2D eigenvalue weighted by Crippen LogP contribution is 2.07. The molecule has 0 saturated carbocycles. The van der Waals surface area contributed by atoms with Crippen molar-refractivity contribution in [3.8, 4) is 0 Å². The lowest BCUT2D eigenvalue weighted by atomic mass is 10.2. The van der Waals surface area contributed by atoms with Crippen LogP contribution in [-0.2, 0) is 16.3 Å². The highest BCUT2D eigenvalue weighted by Gasteiger charge is 2.05. The zero-order chi connectivity index (χ0) is 9.90. The summed E-state index contributed by atoms with van der Waals surface area (Å²) in [4.78, 5) is 0. The van der Waals surface area contributed by atoms with Gasteiger partial charge in [0.15, 0.2) is 0 Å². The van der Waals surface area contributed by atoms with E-state index < -0.39 is 9.84 Å². The lowest BCUT2D eigenvalue weighted by Gasteiger charge is -2.00. The van der Waals surface area contributed by atoms with Crippen molar-refractivity contribution in [2.75, 3.05) is 12.0 Å². The molecule has 0 fully saturated rings. The lowest BCUT2D eigenvalue weighted by molar-refractivity contribution is 0.596. The van der Waals surface area contributed by atoms with E-state index in [9.17, 15) is 12.8 Å². The third-order valence-electron chi connectivity index (χ3n) is 1.70. The third kappa shape index (κ3) is 3.55. The van der Waals surface area contributed by atoms with Crippen LogP contribution >= 0.6 is 0 Å². The summed E-state index contributed by atoms with van der Waals surface area (Å²) in [5.74, 6) is -0.348. The molecule has 0 aromatic heterocycles. The molecule has 0 radical (unpaired) electrons. The summed E-state index contributed by atoms with van der Waals surface area (Å²) in [5.41, 5.74) is 0.452. The fraction of sp³-hybridized carbons (Fsp3) is 0.333. The minimum atomic E-state index is -3.01. The molecule has 0 bridgehead atoms. The van der Waals surface area contributed by atoms with Crippen LogP contribution in [0.2, 0.25) is 0 Å². The number of halogens is 1. The topological polar surface area (TPSA) is 34.1 Å². The van der Waals surface area contributed by atoms with Gasteiger partial charge < -0.3 is 0 Å². The molecule has 0 amide bonds. The minimum Gasteiger partial charge on any atom is -0.229 e. The van der Waals surface area contributed by atoms with Crippen LogP contribution < -0.4 is 0 Å². The van der Waals surface area contributed by atoms with Crippen LogP contribution in [0.4, 0.5) is 4.39 Å². The molecule has 4 heteroatoms. The molecule has 0 N–H and O–H groups in total. The highest BCUT2D eigenvalue weighted by atomic mass is 32.2. The second kappa shape index (κ2) is 3.87. The van der Waals surface area contributed by atoms with Crippen LogP contribution in [0.15, 0.2) is 24.3 Å². The van der Waals surface area contributed by atoms with Gasteiger partial charge in [-0.2, -0.15) is 0 Å². The minimum absolute atomic E-state index is 0.00602. The van der Waals surface area contributed by atoms with E-state index in [0.29, 0.717) is 5.56 Å². The van der Waals surface area contributed by atoms with Gasteiger partial charge in [-0.1, -0.05) is 18.2 Å². The summed E-state index contributed by atoms with van der Waals surface area (Å²) in [5, 5.41) is 0. The van der Waals surface area contributed by atoms with Gasteiger partial charge in [0.2, 0.25) is 0 Å². The second-order valence-electron chi connectivity index (χ2n) is 2.97. The second-order valence-corrected chi connectivity index (χ2v) is 5.23. The van der Waals surface area contributed by atoms with Crippen molar-refractivity contribution in [1.29, 1.82) is 0 Å². The lowest BCUT2D eigenvalue weighted by Crippen LogP contribution is -2.06. The summed E-state index contributed by atoms with van der Waals surface area (Å²) in [6.45, 7) is 0. The van der Waals surface area contributed by atoms with Crippen LogP contribution in [0.5, 0.6) is 0 Å². The van der Waals surface area contributed by atoms with Crippen molar-refractivity contribution in [2.45, 2.75) is 6.42 Å². The van der Waals surface area contributed by atoms with Crippen molar-refractivity contribution in [3.05, 3.63) is 35.6 Å².